The third kappa shape index (κ3) is 0.892. The van der Waals surface area contributed by atoms with Gasteiger partial charge in [0.1, 0.15) is 0 Å². The lowest BCUT2D eigenvalue weighted by atomic mass is 10.1. The Morgan fingerprint density at radius 1 is 1.67 bits per heavy atom. The first-order chi connectivity index (χ1) is 5.81. The highest BCUT2D eigenvalue weighted by molar-refractivity contribution is 5.71. The quantitative estimate of drug-likeness (QED) is 0.635. The molecule has 3 heteroatoms. The second-order valence-electron chi connectivity index (χ2n) is 2.50. The fourth-order valence-electron chi connectivity index (χ4n) is 1.18. The van der Waals surface area contributed by atoms with Crippen LogP contribution in [0.4, 0.5) is 0 Å². The molecule has 0 aromatic carbocycles. The van der Waals surface area contributed by atoms with Crippen molar-refractivity contribution in [1.82, 2.24) is 4.98 Å². The van der Waals surface area contributed by atoms with Crippen molar-refractivity contribution in [3.8, 4) is 0 Å². The van der Waals surface area contributed by atoms with Crippen LogP contribution in [0, 0.1) is 0 Å². The number of hydrogen-bond donors (Lipinski definition) is 1. The summed E-state index contributed by atoms with van der Waals surface area (Å²) >= 11 is 0. The molecule has 0 atom stereocenters. The molecule has 0 amide bonds. The molecule has 0 unspecified atom stereocenters. The first kappa shape index (κ1) is 6.99. The second kappa shape index (κ2) is 2.42. The lowest BCUT2D eigenvalue weighted by Gasteiger charge is -1.98. The Kier molecular flexibility index (Phi) is 1.41. The van der Waals surface area contributed by atoms with Gasteiger partial charge in [-0.05, 0) is 6.42 Å². The maximum atomic E-state index is 10.8. The molecule has 2 rings (SSSR count). The fourth-order valence-corrected chi connectivity index (χ4v) is 1.18. The number of aromatic nitrogens is 1. The van der Waals surface area contributed by atoms with Gasteiger partial charge >= 0.3 is 5.76 Å². The van der Waals surface area contributed by atoms with E-state index in [-0.39, 0.29) is 0 Å². The van der Waals surface area contributed by atoms with Gasteiger partial charge in [0.25, 0.3) is 0 Å². The van der Waals surface area contributed by atoms with E-state index < -0.39 is 5.76 Å². The number of oxazole rings is 1. The molecular formula is C9H7NO2. The minimum absolute atomic E-state index is 0.423. The van der Waals surface area contributed by atoms with Gasteiger partial charge in [0.15, 0.2) is 5.76 Å². The van der Waals surface area contributed by atoms with Crippen LogP contribution in [-0.2, 0) is 0 Å². The van der Waals surface area contributed by atoms with E-state index in [9.17, 15) is 4.79 Å². The smallest absolute Gasteiger partial charge is 0.407 e. The van der Waals surface area contributed by atoms with Crippen LogP contribution in [-0.4, -0.2) is 4.98 Å². The van der Waals surface area contributed by atoms with Gasteiger partial charge in [-0.1, -0.05) is 18.4 Å². The van der Waals surface area contributed by atoms with E-state index in [1.807, 2.05) is 6.92 Å². The number of allylic oxidation sites excluding steroid dienone is 1. The molecule has 0 saturated heterocycles. The van der Waals surface area contributed by atoms with Gasteiger partial charge in [-0.2, -0.15) is 0 Å². The van der Waals surface area contributed by atoms with Gasteiger partial charge in [0, 0.05) is 11.6 Å². The highest BCUT2D eigenvalue weighted by Gasteiger charge is 2.12. The Labute approximate surface area is 68.7 Å². The first-order valence-corrected chi connectivity index (χ1v) is 3.75. The molecule has 0 spiro atoms. The van der Waals surface area contributed by atoms with Gasteiger partial charge < -0.3 is 4.42 Å². The minimum Gasteiger partial charge on any atom is -0.407 e. The maximum absolute atomic E-state index is 10.8. The van der Waals surface area contributed by atoms with E-state index >= 15 is 0 Å². The van der Waals surface area contributed by atoms with Crippen LogP contribution >= 0.6 is 0 Å². The van der Waals surface area contributed by atoms with E-state index in [2.05, 4.69) is 16.4 Å². The van der Waals surface area contributed by atoms with Crippen LogP contribution in [0.25, 0.3) is 11.6 Å². The van der Waals surface area contributed by atoms with Crippen molar-refractivity contribution in [3.05, 3.63) is 33.5 Å². The summed E-state index contributed by atoms with van der Waals surface area (Å²) in [6, 6.07) is 0. The molecule has 1 aromatic rings. The molecule has 1 aromatic heterocycles. The Hall–Kier alpha value is -1.69. The molecule has 0 fully saturated rings. The summed E-state index contributed by atoms with van der Waals surface area (Å²) in [6.07, 6.45) is 2.41. The molecule has 60 valence electrons. The Morgan fingerprint density at radius 2 is 2.50 bits per heavy atom. The average molecular weight is 161 g/mol. The van der Waals surface area contributed by atoms with Crippen molar-refractivity contribution in [3.63, 3.8) is 0 Å². The van der Waals surface area contributed by atoms with E-state index in [1.54, 1.807) is 6.08 Å². The molecule has 0 radical (unpaired) electrons. The summed E-state index contributed by atoms with van der Waals surface area (Å²) in [6.45, 7) is 1.99. The van der Waals surface area contributed by atoms with E-state index in [0.29, 0.717) is 5.76 Å². The van der Waals surface area contributed by atoms with Crippen molar-refractivity contribution in [2.75, 3.05) is 0 Å². The van der Waals surface area contributed by atoms with E-state index in [0.717, 1.165) is 17.7 Å². The Morgan fingerprint density at radius 3 is 3.25 bits per heavy atom. The second-order valence-corrected chi connectivity index (χ2v) is 2.50. The van der Waals surface area contributed by atoms with Crippen LogP contribution in [0.1, 0.15) is 24.8 Å². The highest BCUT2D eigenvalue weighted by Crippen LogP contribution is 2.20. The number of nitrogens with one attached hydrogen (secondary N) is 1. The zero-order valence-electron chi connectivity index (χ0n) is 6.60. The number of hydrogen-bond acceptors (Lipinski definition) is 2. The summed E-state index contributed by atoms with van der Waals surface area (Å²) in [4.78, 5) is 13.4. The molecule has 1 aliphatic rings. The average Bonchev–Trinajstić information content (AvgIpc) is 2.44. The Balaban J connectivity index is 2.72. The maximum Gasteiger partial charge on any atom is 0.417 e. The predicted molar refractivity (Wildman–Crippen MR) is 44.5 cm³/mol. The first-order valence-electron chi connectivity index (χ1n) is 3.75. The molecule has 1 N–H and O–H groups in total. The molecule has 0 aliphatic heterocycles. The zero-order valence-corrected chi connectivity index (χ0v) is 6.60. The number of rotatable bonds is 1. The van der Waals surface area contributed by atoms with Crippen LogP contribution in [0.5, 0.6) is 0 Å². The van der Waals surface area contributed by atoms with Crippen LogP contribution in [0.2, 0.25) is 0 Å². The van der Waals surface area contributed by atoms with Crippen molar-refractivity contribution in [2.45, 2.75) is 13.3 Å². The minimum atomic E-state index is -0.423. The van der Waals surface area contributed by atoms with Crippen molar-refractivity contribution in [1.29, 1.82) is 0 Å². The van der Waals surface area contributed by atoms with Crippen LogP contribution < -0.4 is 5.76 Å². The van der Waals surface area contributed by atoms with Gasteiger partial charge in [0.05, 0.1) is 5.69 Å². The number of H-pyrrole nitrogens is 1. The fraction of sp³-hybridized carbons (Fsp3) is 0.222. The van der Waals surface area contributed by atoms with Crippen molar-refractivity contribution < 1.29 is 4.42 Å². The van der Waals surface area contributed by atoms with Gasteiger partial charge in [-0.25, -0.2) is 4.79 Å². The predicted octanol–water partition coefficient (Wildman–Crippen LogP) is 1.54. The lowest BCUT2D eigenvalue weighted by molar-refractivity contribution is 0.506. The third-order valence-electron chi connectivity index (χ3n) is 1.76. The summed E-state index contributed by atoms with van der Waals surface area (Å²) < 4.78 is 4.85. The molecule has 3 nitrogen and oxygen atoms in total. The molecule has 1 heterocycles. The summed E-state index contributed by atoms with van der Waals surface area (Å²) in [5.74, 6) is 0.128. The van der Waals surface area contributed by atoms with Gasteiger partial charge in [-0.15, -0.1) is 0 Å². The topological polar surface area (TPSA) is 46.0 Å². The zero-order chi connectivity index (χ0) is 8.55. The van der Waals surface area contributed by atoms with E-state index in [1.165, 1.54) is 0 Å². The molecule has 1 aliphatic carbocycles. The third-order valence-corrected chi connectivity index (χ3v) is 1.76. The van der Waals surface area contributed by atoms with Crippen LogP contribution in [0.3, 0.4) is 0 Å². The monoisotopic (exact) mass is 161 g/mol. The van der Waals surface area contributed by atoms with Gasteiger partial charge in [-0.3, -0.25) is 4.98 Å². The molecular weight excluding hydrogens is 154 g/mol. The van der Waals surface area contributed by atoms with Gasteiger partial charge in [0.2, 0.25) is 0 Å². The summed E-state index contributed by atoms with van der Waals surface area (Å²) in [5, 5.41) is 0. The summed E-state index contributed by atoms with van der Waals surface area (Å²) in [7, 11) is 0. The summed E-state index contributed by atoms with van der Waals surface area (Å²) in [5.41, 5.74) is 7.38. The highest BCUT2D eigenvalue weighted by atomic mass is 16.4. The standard InChI is InChI=1S/C9H7NO2/c1-2-6-4-3-5-7-8(6)10-9(11)12-7/h5H,2H2,1H3,(H,10,11). The lowest BCUT2D eigenvalue weighted by Crippen LogP contribution is -1.96. The molecule has 12 heavy (non-hydrogen) atoms. The normalized spacial score (nSPS) is 12.9. The SMILES string of the molecule is CCC1=C=C=Cc2oc(=O)[nH]c21. The molecule has 0 bridgehead atoms. The molecule has 0 saturated carbocycles. The Bertz CT molecular complexity index is 463. The van der Waals surface area contributed by atoms with Crippen LogP contribution in [0.15, 0.2) is 20.7 Å². The number of fused-ring (bicyclic) bond motifs is 1. The largest absolute Gasteiger partial charge is 0.417 e. The van der Waals surface area contributed by atoms with E-state index in [4.69, 9.17) is 4.42 Å². The van der Waals surface area contributed by atoms with Crippen molar-refractivity contribution >= 4 is 11.6 Å². The van der Waals surface area contributed by atoms with Crippen molar-refractivity contribution in [2.24, 2.45) is 0 Å². The number of aromatic amines is 1.